The molecule has 3 aromatic rings. The lowest BCUT2D eigenvalue weighted by Crippen LogP contribution is -2.17. The number of hydrogen-bond donors (Lipinski definition) is 2. The fourth-order valence-electron chi connectivity index (χ4n) is 2.86. The van der Waals surface area contributed by atoms with E-state index in [0.29, 0.717) is 11.9 Å². The number of hydrogen-bond acceptors (Lipinski definition) is 5. The molecule has 3 rings (SSSR count). The van der Waals surface area contributed by atoms with Crippen molar-refractivity contribution in [2.24, 2.45) is 0 Å². The van der Waals surface area contributed by atoms with Crippen LogP contribution in [0.2, 0.25) is 0 Å². The minimum atomic E-state index is -0.447. The van der Waals surface area contributed by atoms with E-state index in [2.05, 4.69) is 9.97 Å². The first kappa shape index (κ1) is 18.2. The number of carbonyl (C=O) groups excluding carboxylic acids is 1. The highest BCUT2D eigenvalue weighted by Gasteiger charge is 2.21. The monoisotopic (exact) mass is 361 g/mol. The van der Waals surface area contributed by atoms with Crippen LogP contribution in [-0.2, 0) is 9.53 Å². The van der Waals surface area contributed by atoms with Crippen molar-refractivity contribution < 1.29 is 14.6 Å². The number of fused-ring (bicyclic) bond motifs is 1. The zero-order valence-electron chi connectivity index (χ0n) is 14.8. The van der Waals surface area contributed by atoms with Gasteiger partial charge >= 0.3 is 5.97 Å². The van der Waals surface area contributed by atoms with Crippen molar-refractivity contribution in [1.29, 1.82) is 5.26 Å². The zero-order valence-corrected chi connectivity index (χ0v) is 14.8. The smallest absolute Gasteiger partial charge is 0.313 e. The Kier molecular flexibility index (Phi) is 5.53. The number of aliphatic hydroxyl groups excluding tert-OH is 1. The van der Waals surface area contributed by atoms with Gasteiger partial charge in [0.05, 0.1) is 17.0 Å². The Bertz CT molecular complexity index is 983. The average molecular weight is 361 g/mol. The maximum atomic E-state index is 12.4. The van der Waals surface area contributed by atoms with Crippen molar-refractivity contribution in [2.75, 3.05) is 6.61 Å². The number of ether oxygens (including phenoxy) is 1. The Labute approximate surface area is 156 Å². The van der Waals surface area contributed by atoms with Gasteiger partial charge < -0.3 is 14.8 Å². The number of aliphatic hydroxyl groups is 1. The molecule has 6 nitrogen and oxygen atoms in total. The van der Waals surface area contributed by atoms with Crippen LogP contribution in [0.1, 0.15) is 30.7 Å². The molecular formula is C21H19N3O3. The molecule has 6 heteroatoms. The Morgan fingerprint density at radius 2 is 1.93 bits per heavy atom. The first-order valence-corrected chi connectivity index (χ1v) is 8.63. The number of aromatic amines is 1. The molecule has 2 N–H and O–H groups in total. The third-order valence-corrected chi connectivity index (χ3v) is 4.27. The molecule has 1 heterocycles. The largest absolute Gasteiger partial charge is 0.507 e. The molecule has 1 atom stereocenters. The molecule has 0 aliphatic rings. The van der Waals surface area contributed by atoms with Crippen molar-refractivity contribution in [2.45, 2.75) is 19.3 Å². The van der Waals surface area contributed by atoms with Gasteiger partial charge in [0.25, 0.3) is 0 Å². The topological polar surface area (TPSA) is 99.0 Å². The molecule has 0 bridgehead atoms. The first-order valence-electron chi connectivity index (χ1n) is 8.63. The number of aromatic nitrogens is 2. The number of benzene rings is 2. The van der Waals surface area contributed by atoms with Crippen LogP contribution in [0.5, 0.6) is 0 Å². The molecule has 0 fully saturated rings. The van der Waals surface area contributed by atoms with E-state index in [1.54, 1.807) is 6.07 Å². The number of allylic oxidation sites excluding steroid dienone is 1. The van der Waals surface area contributed by atoms with Gasteiger partial charge in [0.2, 0.25) is 0 Å². The lowest BCUT2D eigenvalue weighted by atomic mass is 9.97. The highest BCUT2D eigenvalue weighted by atomic mass is 16.5. The number of H-pyrrole nitrogens is 1. The number of rotatable bonds is 6. The first-order chi connectivity index (χ1) is 13.1. The van der Waals surface area contributed by atoms with Crippen LogP contribution in [0.4, 0.5) is 0 Å². The third-order valence-electron chi connectivity index (χ3n) is 4.27. The van der Waals surface area contributed by atoms with E-state index in [9.17, 15) is 15.2 Å². The Balaban J connectivity index is 1.76. The van der Waals surface area contributed by atoms with Gasteiger partial charge in [0.1, 0.15) is 18.2 Å². The fraction of sp³-hybridized carbons (Fsp3) is 0.190. The van der Waals surface area contributed by atoms with Crippen molar-refractivity contribution in [3.05, 3.63) is 71.7 Å². The Morgan fingerprint density at radius 1 is 1.22 bits per heavy atom. The van der Waals surface area contributed by atoms with Gasteiger partial charge in [-0.1, -0.05) is 49.4 Å². The summed E-state index contributed by atoms with van der Waals surface area (Å²) in [5, 5.41) is 19.7. The standard InChI is InChI=1S/C21H19N3O3/c1-2-15(14-8-4-3-5-9-14)21(26)27-13-19(25)16(12-22)20-23-17-10-6-7-11-18(17)24-20/h3-11,15,25H,2,13H2,1H3,(H,23,24)/b19-16-/t15-/m0/s1. The van der Waals surface area contributed by atoms with Gasteiger partial charge in [-0.05, 0) is 24.1 Å². The van der Waals surface area contributed by atoms with E-state index in [1.807, 2.05) is 61.5 Å². The predicted molar refractivity (Wildman–Crippen MR) is 102 cm³/mol. The van der Waals surface area contributed by atoms with Gasteiger partial charge in [0.15, 0.2) is 11.6 Å². The summed E-state index contributed by atoms with van der Waals surface area (Å²) in [7, 11) is 0. The normalized spacial score (nSPS) is 12.9. The predicted octanol–water partition coefficient (Wildman–Crippen LogP) is 4.09. The summed E-state index contributed by atoms with van der Waals surface area (Å²) in [5.74, 6) is -0.969. The molecule has 27 heavy (non-hydrogen) atoms. The molecule has 0 saturated heterocycles. The maximum Gasteiger partial charge on any atom is 0.313 e. The van der Waals surface area contributed by atoms with Gasteiger partial charge in [-0.3, -0.25) is 4.79 Å². The summed E-state index contributed by atoms with van der Waals surface area (Å²) in [4.78, 5) is 19.7. The molecule has 0 radical (unpaired) electrons. The van der Waals surface area contributed by atoms with E-state index in [4.69, 9.17) is 4.74 Å². The number of carbonyl (C=O) groups is 1. The van der Waals surface area contributed by atoms with Crippen LogP contribution in [0.3, 0.4) is 0 Å². The molecular weight excluding hydrogens is 342 g/mol. The van der Waals surface area contributed by atoms with Gasteiger partial charge in [-0.2, -0.15) is 5.26 Å². The SMILES string of the molecule is CC[C@H](C(=O)OC/C(O)=C(\C#N)c1nc2ccccc2[nH]1)c1ccccc1. The lowest BCUT2D eigenvalue weighted by Gasteiger charge is -2.14. The van der Waals surface area contributed by atoms with Crippen molar-refractivity contribution in [1.82, 2.24) is 9.97 Å². The van der Waals surface area contributed by atoms with E-state index in [-0.39, 0.29) is 23.8 Å². The number of esters is 1. The molecule has 2 aromatic carbocycles. The minimum Gasteiger partial charge on any atom is -0.507 e. The van der Waals surface area contributed by atoms with E-state index in [0.717, 1.165) is 11.1 Å². The molecule has 1 aromatic heterocycles. The second kappa shape index (κ2) is 8.19. The summed E-state index contributed by atoms with van der Waals surface area (Å²) < 4.78 is 5.25. The molecule has 0 unspecified atom stereocenters. The van der Waals surface area contributed by atoms with Crippen LogP contribution in [0.25, 0.3) is 16.6 Å². The number of para-hydroxylation sites is 2. The fourth-order valence-corrected chi connectivity index (χ4v) is 2.86. The lowest BCUT2D eigenvalue weighted by molar-refractivity contribution is -0.145. The minimum absolute atomic E-state index is 0.0493. The van der Waals surface area contributed by atoms with Gasteiger partial charge in [0, 0.05) is 0 Å². The molecule has 0 aliphatic carbocycles. The maximum absolute atomic E-state index is 12.4. The number of nitriles is 1. The average Bonchev–Trinajstić information content (AvgIpc) is 3.12. The van der Waals surface area contributed by atoms with Crippen molar-refractivity contribution in [3.63, 3.8) is 0 Å². The quantitative estimate of drug-likeness (QED) is 0.391. The van der Waals surface area contributed by atoms with Crippen LogP contribution in [-0.4, -0.2) is 27.7 Å². The second-order valence-electron chi connectivity index (χ2n) is 6.02. The van der Waals surface area contributed by atoms with E-state index in [1.165, 1.54) is 0 Å². The number of nitrogens with zero attached hydrogens (tertiary/aromatic N) is 2. The summed E-state index contributed by atoms with van der Waals surface area (Å²) >= 11 is 0. The summed E-state index contributed by atoms with van der Waals surface area (Å²) in [6.07, 6.45) is 0.571. The molecule has 0 spiro atoms. The second-order valence-corrected chi connectivity index (χ2v) is 6.02. The van der Waals surface area contributed by atoms with Crippen LogP contribution < -0.4 is 0 Å². The van der Waals surface area contributed by atoms with Crippen molar-refractivity contribution >= 4 is 22.6 Å². The molecule has 0 saturated carbocycles. The molecule has 0 amide bonds. The number of imidazole rings is 1. The Hall–Kier alpha value is -3.59. The molecule has 136 valence electrons. The molecule has 0 aliphatic heterocycles. The van der Waals surface area contributed by atoms with E-state index < -0.39 is 11.9 Å². The zero-order chi connectivity index (χ0) is 19.2. The highest BCUT2D eigenvalue weighted by molar-refractivity contribution is 5.83. The van der Waals surface area contributed by atoms with Crippen LogP contribution in [0.15, 0.2) is 60.4 Å². The summed E-state index contributed by atoms with van der Waals surface area (Å²) in [5.41, 5.74) is 2.23. The van der Waals surface area contributed by atoms with Gasteiger partial charge in [-0.25, -0.2) is 4.98 Å². The Morgan fingerprint density at radius 3 is 2.59 bits per heavy atom. The summed E-state index contributed by atoms with van der Waals surface area (Å²) in [6, 6.07) is 18.5. The van der Waals surface area contributed by atoms with Gasteiger partial charge in [-0.15, -0.1) is 0 Å². The highest BCUT2D eigenvalue weighted by Crippen LogP contribution is 2.22. The summed E-state index contributed by atoms with van der Waals surface area (Å²) in [6.45, 7) is 1.51. The van der Waals surface area contributed by atoms with E-state index >= 15 is 0 Å². The van der Waals surface area contributed by atoms with Crippen LogP contribution in [0, 0.1) is 11.3 Å². The number of nitrogens with one attached hydrogen (secondary N) is 1. The van der Waals surface area contributed by atoms with Crippen LogP contribution >= 0.6 is 0 Å². The third kappa shape index (κ3) is 3.98. The van der Waals surface area contributed by atoms with Crippen molar-refractivity contribution in [3.8, 4) is 6.07 Å².